The van der Waals surface area contributed by atoms with Gasteiger partial charge >= 0.3 is 6.18 Å². The lowest BCUT2D eigenvalue weighted by Gasteiger charge is -2.07. The Bertz CT molecular complexity index is 648. The van der Waals surface area contributed by atoms with Gasteiger partial charge in [-0.25, -0.2) is 0 Å². The van der Waals surface area contributed by atoms with Crippen LogP contribution in [0.15, 0.2) is 30.5 Å². The van der Waals surface area contributed by atoms with Crippen LogP contribution in [0, 0.1) is 0 Å². The lowest BCUT2D eigenvalue weighted by Crippen LogP contribution is -2.25. The van der Waals surface area contributed by atoms with E-state index in [1.54, 1.807) is 12.1 Å². The number of aromatic hydroxyl groups is 1. The van der Waals surface area contributed by atoms with E-state index >= 15 is 0 Å². The van der Waals surface area contributed by atoms with Crippen molar-refractivity contribution in [2.24, 2.45) is 7.05 Å². The molecule has 1 aromatic heterocycles. The summed E-state index contributed by atoms with van der Waals surface area (Å²) < 4.78 is 39.2. The fourth-order valence-electron chi connectivity index (χ4n) is 1.76. The molecule has 8 heteroatoms. The van der Waals surface area contributed by atoms with E-state index in [4.69, 9.17) is 5.11 Å². The zero-order chi connectivity index (χ0) is 15.6. The van der Waals surface area contributed by atoms with Gasteiger partial charge < -0.3 is 10.4 Å². The minimum absolute atomic E-state index is 0.0469. The van der Waals surface area contributed by atoms with E-state index in [1.807, 2.05) is 0 Å². The first-order valence-corrected chi connectivity index (χ1v) is 5.94. The van der Waals surface area contributed by atoms with Crippen LogP contribution in [0.3, 0.4) is 0 Å². The zero-order valence-electron chi connectivity index (χ0n) is 11.0. The number of nitrogens with one attached hydrogen (secondary N) is 1. The number of aromatic nitrogens is 2. The van der Waals surface area contributed by atoms with E-state index in [0.29, 0.717) is 5.56 Å². The summed E-state index contributed by atoms with van der Waals surface area (Å²) >= 11 is 0. The van der Waals surface area contributed by atoms with Crippen molar-refractivity contribution in [2.45, 2.75) is 12.7 Å². The van der Waals surface area contributed by atoms with Gasteiger partial charge in [0.1, 0.15) is 5.75 Å². The van der Waals surface area contributed by atoms with Crippen molar-refractivity contribution in [3.8, 4) is 5.75 Å². The average molecular weight is 299 g/mol. The van der Waals surface area contributed by atoms with Crippen molar-refractivity contribution in [2.75, 3.05) is 0 Å². The molecule has 2 rings (SSSR count). The number of hydrogen-bond donors (Lipinski definition) is 2. The Morgan fingerprint density at radius 2 is 1.95 bits per heavy atom. The van der Waals surface area contributed by atoms with Crippen molar-refractivity contribution < 1.29 is 23.1 Å². The van der Waals surface area contributed by atoms with Crippen molar-refractivity contribution in [1.29, 1.82) is 0 Å². The molecule has 1 aromatic carbocycles. The second kappa shape index (κ2) is 5.47. The minimum Gasteiger partial charge on any atom is -0.508 e. The van der Waals surface area contributed by atoms with Crippen molar-refractivity contribution in [1.82, 2.24) is 15.1 Å². The Morgan fingerprint density at radius 3 is 2.52 bits per heavy atom. The molecule has 0 aliphatic rings. The van der Waals surface area contributed by atoms with Crippen LogP contribution in [-0.4, -0.2) is 20.8 Å². The molecule has 0 atom stereocenters. The standard InChI is InChI=1S/C13H12F3N3O2/c1-19-7-10(11(18-19)13(14,15)16)12(21)17-6-8-2-4-9(20)5-3-8/h2-5,7,20H,6H2,1H3,(H,17,21). The van der Waals surface area contributed by atoms with Crippen molar-refractivity contribution >= 4 is 5.91 Å². The minimum atomic E-state index is -4.69. The summed E-state index contributed by atoms with van der Waals surface area (Å²) in [4.78, 5) is 11.9. The molecule has 0 aliphatic heterocycles. The van der Waals surface area contributed by atoms with E-state index in [2.05, 4.69) is 10.4 Å². The van der Waals surface area contributed by atoms with Gasteiger partial charge in [-0.1, -0.05) is 12.1 Å². The van der Waals surface area contributed by atoms with E-state index in [-0.39, 0.29) is 12.3 Å². The van der Waals surface area contributed by atoms with Gasteiger partial charge in [-0.2, -0.15) is 18.3 Å². The number of alkyl halides is 3. The average Bonchev–Trinajstić information content (AvgIpc) is 2.80. The van der Waals surface area contributed by atoms with Crippen LogP contribution in [0.4, 0.5) is 13.2 Å². The number of hydrogen-bond acceptors (Lipinski definition) is 3. The Kier molecular flexibility index (Phi) is 3.88. The molecule has 0 fully saturated rings. The molecule has 0 aliphatic carbocycles. The van der Waals surface area contributed by atoms with Crippen LogP contribution in [0.1, 0.15) is 21.6 Å². The van der Waals surface area contributed by atoms with Crippen LogP contribution < -0.4 is 5.32 Å². The molecule has 0 saturated heterocycles. The molecule has 21 heavy (non-hydrogen) atoms. The smallest absolute Gasteiger partial charge is 0.435 e. The largest absolute Gasteiger partial charge is 0.508 e. The number of aryl methyl sites for hydroxylation is 1. The second-order valence-electron chi connectivity index (χ2n) is 4.41. The van der Waals surface area contributed by atoms with Gasteiger partial charge in [-0.15, -0.1) is 0 Å². The number of phenolic OH excluding ortho intramolecular Hbond substituents is 1. The molecule has 2 aromatic rings. The normalized spacial score (nSPS) is 11.4. The first kappa shape index (κ1) is 14.9. The third-order valence-electron chi connectivity index (χ3n) is 2.73. The molecule has 0 saturated carbocycles. The lowest BCUT2D eigenvalue weighted by molar-refractivity contribution is -0.141. The topological polar surface area (TPSA) is 67.2 Å². The number of phenols is 1. The van der Waals surface area contributed by atoms with Gasteiger partial charge in [0.2, 0.25) is 0 Å². The molecule has 0 bridgehead atoms. The molecular formula is C13H12F3N3O2. The molecule has 1 amide bonds. The molecule has 1 heterocycles. The summed E-state index contributed by atoms with van der Waals surface area (Å²) in [7, 11) is 1.31. The number of benzene rings is 1. The van der Waals surface area contributed by atoms with E-state index in [9.17, 15) is 18.0 Å². The Balaban J connectivity index is 2.12. The van der Waals surface area contributed by atoms with E-state index < -0.39 is 23.3 Å². The second-order valence-corrected chi connectivity index (χ2v) is 4.41. The van der Waals surface area contributed by atoms with Crippen LogP contribution in [0.5, 0.6) is 5.75 Å². The Hall–Kier alpha value is -2.51. The summed E-state index contributed by atoms with van der Waals surface area (Å²) in [6, 6.07) is 5.96. The first-order valence-electron chi connectivity index (χ1n) is 5.94. The predicted molar refractivity (Wildman–Crippen MR) is 67.5 cm³/mol. The van der Waals surface area contributed by atoms with Gasteiger partial charge in [0.25, 0.3) is 5.91 Å². The molecule has 2 N–H and O–H groups in total. The highest BCUT2D eigenvalue weighted by atomic mass is 19.4. The van der Waals surface area contributed by atoms with E-state index in [1.165, 1.54) is 19.2 Å². The maximum absolute atomic E-state index is 12.7. The highest BCUT2D eigenvalue weighted by molar-refractivity contribution is 5.95. The van der Waals surface area contributed by atoms with Gasteiger partial charge in [0.05, 0.1) is 5.56 Å². The maximum atomic E-state index is 12.7. The number of carbonyl (C=O) groups is 1. The highest BCUT2D eigenvalue weighted by Crippen LogP contribution is 2.30. The van der Waals surface area contributed by atoms with Crippen LogP contribution in [-0.2, 0) is 19.8 Å². The van der Waals surface area contributed by atoms with Crippen LogP contribution in [0.25, 0.3) is 0 Å². The monoisotopic (exact) mass is 299 g/mol. The molecule has 0 unspecified atom stereocenters. The summed E-state index contributed by atoms with van der Waals surface area (Å²) in [5.74, 6) is -0.791. The van der Waals surface area contributed by atoms with Crippen molar-refractivity contribution in [3.63, 3.8) is 0 Å². The Labute approximate surface area is 118 Å². The molecule has 5 nitrogen and oxygen atoms in total. The summed E-state index contributed by atoms with van der Waals surface area (Å²) in [5.41, 5.74) is -1.09. The third kappa shape index (κ3) is 3.53. The quantitative estimate of drug-likeness (QED) is 0.912. The van der Waals surface area contributed by atoms with Gasteiger partial charge in [0, 0.05) is 19.8 Å². The number of rotatable bonds is 3. The maximum Gasteiger partial charge on any atom is 0.435 e. The van der Waals surface area contributed by atoms with Gasteiger partial charge in [-0.3, -0.25) is 9.48 Å². The van der Waals surface area contributed by atoms with Crippen LogP contribution in [0.2, 0.25) is 0 Å². The summed E-state index contributed by atoms with van der Waals surface area (Å²) in [6.07, 6.45) is -3.67. The van der Waals surface area contributed by atoms with Gasteiger partial charge in [0.15, 0.2) is 5.69 Å². The molecule has 112 valence electrons. The first-order chi connectivity index (χ1) is 9.77. The number of amides is 1. The van der Waals surface area contributed by atoms with Gasteiger partial charge in [-0.05, 0) is 17.7 Å². The van der Waals surface area contributed by atoms with Crippen molar-refractivity contribution in [3.05, 3.63) is 47.3 Å². The molecule has 0 spiro atoms. The summed E-state index contributed by atoms with van der Waals surface area (Å²) in [6.45, 7) is 0.0469. The number of nitrogens with zero attached hydrogens (tertiary/aromatic N) is 2. The predicted octanol–water partition coefficient (Wildman–Crippen LogP) is 2.07. The zero-order valence-corrected chi connectivity index (χ0v) is 11.0. The number of carbonyl (C=O) groups excluding carboxylic acids is 1. The third-order valence-corrected chi connectivity index (χ3v) is 2.73. The SMILES string of the molecule is Cn1cc(C(=O)NCc2ccc(O)cc2)c(C(F)(F)F)n1. The summed E-state index contributed by atoms with van der Waals surface area (Å²) in [5, 5.41) is 14.8. The Morgan fingerprint density at radius 1 is 1.33 bits per heavy atom. The number of halogens is 3. The molecular weight excluding hydrogens is 287 g/mol. The van der Waals surface area contributed by atoms with Crippen LogP contribution >= 0.6 is 0 Å². The highest BCUT2D eigenvalue weighted by Gasteiger charge is 2.38. The lowest BCUT2D eigenvalue weighted by atomic mass is 10.2. The fourth-order valence-corrected chi connectivity index (χ4v) is 1.76. The molecule has 0 radical (unpaired) electrons. The fraction of sp³-hybridized carbons (Fsp3) is 0.231. The van der Waals surface area contributed by atoms with E-state index in [0.717, 1.165) is 10.9 Å².